The van der Waals surface area contributed by atoms with E-state index in [0.717, 1.165) is 11.3 Å². The Hall–Kier alpha value is -0.290. The van der Waals surface area contributed by atoms with Gasteiger partial charge in [-0.15, -0.1) is 0 Å². The third kappa shape index (κ3) is 1.67. The van der Waals surface area contributed by atoms with Crippen molar-refractivity contribution in [2.24, 2.45) is 5.73 Å². The fraction of sp³-hybridized carbons (Fsp3) is 0.400. The van der Waals surface area contributed by atoms with Crippen LogP contribution in [0.5, 0.6) is 0 Å². The Morgan fingerprint density at radius 1 is 1.08 bits per heavy atom. The second-order valence-corrected chi connectivity index (χ2v) is 4.36. The minimum absolute atomic E-state index is 0.568. The average molecular weight is 290 g/mol. The molecule has 0 aliphatic rings. The highest BCUT2D eigenvalue weighted by atomic mass is 127. The van der Waals surface area contributed by atoms with Gasteiger partial charge in [-0.25, -0.2) is 0 Å². The predicted molar refractivity (Wildman–Crippen MR) is 65.7 cm³/mol. The molecule has 1 rings (SSSR count). The molecule has 0 aromatic heterocycles. The van der Waals surface area contributed by atoms with Crippen LogP contribution in [0.3, 0.4) is 0 Å². The lowest BCUT2D eigenvalue weighted by molar-refractivity contribution is 1.02. The van der Waals surface area contributed by atoms with Gasteiger partial charge in [-0.3, -0.25) is 0 Å². The molecule has 3 heteroatoms. The lowest BCUT2D eigenvalue weighted by atomic mass is 9.98. The number of halogens is 1. The standard InChI is InChI=1S/C10H15IN2/c1-5-8(4-12)6(2)10(13)7(3)9(5)11/h4,12-13H2,1-3H3. The summed E-state index contributed by atoms with van der Waals surface area (Å²) in [5.41, 5.74) is 17.3. The van der Waals surface area contributed by atoms with Crippen molar-refractivity contribution in [1.82, 2.24) is 0 Å². The van der Waals surface area contributed by atoms with Gasteiger partial charge in [-0.05, 0) is 65.6 Å². The molecule has 4 N–H and O–H groups in total. The van der Waals surface area contributed by atoms with Gasteiger partial charge in [-0.2, -0.15) is 0 Å². The number of nitrogens with two attached hydrogens (primary N) is 2. The lowest BCUT2D eigenvalue weighted by Gasteiger charge is -2.15. The van der Waals surface area contributed by atoms with Crippen LogP contribution in [0.2, 0.25) is 0 Å². The summed E-state index contributed by atoms with van der Waals surface area (Å²) < 4.78 is 1.24. The van der Waals surface area contributed by atoms with E-state index in [9.17, 15) is 0 Å². The molecular weight excluding hydrogens is 275 g/mol. The smallest absolute Gasteiger partial charge is 0.0387 e. The molecule has 72 valence electrons. The van der Waals surface area contributed by atoms with Crippen LogP contribution in [-0.2, 0) is 6.54 Å². The minimum Gasteiger partial charge on any atom is -0.398 e. The maximum Gasteiger partial charge on any atom is 0.0387 e. The van der Waals surface area contributed by atoms with E-state index in [2.05, 4.69) is 36.4 Å². The first-order chi connectivity index (χ1) is 6.00. The average Bonchev–Trinajstić information content (AvgIpc) is 2.13. The summed E-state index contributed by atoms with van der Waals surface area (Å²) in [5, 5.41) is 0. The van der Waals surface area contributed by atoms with Gasteiger partial charge in [0.05, 0.1) is 0 Å². The van der Waals surface area contributed by atoms with E-state index in [0.29, 0.717) is 6.54 Å². The van der Waals surface area contributed by atoms with Crippen molar-refractivity contribution in [2.75, 3.05) is 5.73 Å². The molecular formula is C10H15IN2. The Balaban J connectivity index is 3.56. The van der Waals surface area contributed by atoms with Crippen LogP contribution in [0, 0.1) is 24.3 Å². The number of anilines is 1. The van der Waals surface area contributed by atoms with Crippen molar-refractivity contribution in [3.63, 3.8) is 0 Å². The molecule has 13 heavy (non-hydrogen) atoms. The Kier molecular flexibility index (Phi) is 3.18. The molecule has 1 aromatic carbocycles. The van der Waals surface area contributed by atoms with Gasteiger partial charge < -0.3 is 11.5 Å². The molecule has 0 saturated carbocycles. The van der Waals surface area contributed by atoms with Crippen molar-refractivity contribution in [1.29, 1.82) is 0 Å². The zero-order valence-corrected chi connectivity index (χ0v) is 10.4. The molecule has 0 unspecified atom stereocenters. The number of rotatable bonds is 1. The van der Waals surface area contributed by atoms with Crippen LogP contribution < -0.4 is 11.5 Å². The summed E-state index contributed by atoms with van der Waals surface area (Å²) in [5.74, 6) is 0. The van der Waals surface area contributed by atoms with E-state index < -0.39 is 0 Å². The van der Waals surface area contributed by atoms with Crippen molar-refractivity contribution in [2.45, 2.75) is 27.3 Å². The van der Waals surface area contributed by atoms with Gasteiger partial charge in [0.2, 0.25) is 0 Å². The highest BCUT2D eigenvalue weighted by Gasteiger charge is 2.11. The van der Waals surface area contributed by atoms with Crippen molar-refractivity contribution in [3.05, 3.63) is 25.8 Å². The largest absolute Gasteiger partial charge is 0.398 e. The van der Waals surface area contributed by atoms with Crippen molar-refractivity contribution in [3.8, 4) is 0 Å². The molecule has 0 spiro atoms. The molecule has 0 bridgehead atoms. The molecule has 0 aliphatic carbocycles. The maximum atomic E-state index is 5.97. The van der Waals surface area contributed by atoms with Gasteiger partial charge in [0, 0.05) is 15.8 Å². The normalized spacial score (nSPS) is 10.5. The summed E-state index contributed by atoms with van der Waals surface area (Å²) in [6.07, 6.45) is 0. The fourth-order valence-electron chi connectivity index (χ4n) is 1.56. The first-order valence-corrected chi connectivity index (χ1v) is 5.32. The SMILES string of the molecule is Cc1c(N)c(C)c(CN)c(C)c1I. The van der Waals surface area contributed by atoms with E-state index in [-0.39, 0.29) is 0 Å². The second kappa shape index (κ2) is 3.84. The summed E-state index contributed by atoms with van der Waals surface area (Å²) in [7, 11) is 0. The van der Waals surface area contributed by atoms with Crippen molar-refractivity contribution < 1.29 is 0 Å². The summed E-state index contributed by atoms with van der Waals surface area (Å²) >= 11 is 2.32. The predicted octanol–water partition coefficient (Wildman–Crippen LogP) is 2.26. The summed E-state index contributed by atoms with van der Waals surface area (Å²) in [6.45, 7) is 6.76. The van der Waals surface area contributed by atoms with E-state index in [1.54, 1.807) is 0 Å². The lowest BCUT2D eigenvalue weighted by Crippen LogP contribution is -2.08. The van der Waals surface area contributed by atoms with Gasteiger partial charge in [-0.1, -0.05) is 0 Å². The maximum absolute atomic E-state index is 5.97. The Morgan fingerprint density at radius 2 is 1.62 bits per heavy atom. The van der Waals surface area contributed by atoms with E-state index >= 15 is 0 Å². The molecule has 0 fully saturated rings. The van der Waals surface area contributed by atoms with E-state index in [1.165, 1.54) is 20.3 Å². The van der Waals surface area contributed by atoms with Crippen LogP contribution in [0.25, 0.3) is 0 Å². The Morgan fingerprint density at radius 3 is 2.08 bits per heavy atom. The third-order valence-electron chi connectivity index (χ3n) is 2.58. The van der Waals surface area contributed by atoms with Crippen LogP contribution >= 0.6 is 22.6 Å². The highest BCUT2D eigenvalue weighted by Crippen LogP contribution is 2.29. The third-order valence-corrected chi connectivity index (χ3v) is 4.19. The van der Waals surface area contributed by atoms with Crippen LogP contribution in [0.1, 0.15) is 22.3 Å². The number of hydrogen-bond acceptors (Lipinski definition) is 2. The minimum atomic E-state index is 0.568. The molecule has 2 nitrogen and oxygen atoms in total. The molecule has 1 aromatic rings. The van der Waals surface area contributed by atoms with Gasteiger partial charge in [0.15, 0.2) is 0 Å². The molecule has 0 saturated heterocycles. The molecule has 0 radical (unpaired) electrons. The monoisotopic (exact) mass is 290 g/mol. The quantitative estimate of drug-likeness (QED) is 0.615. The summed E-state index contributed by atoms with van der Waals surface area (Å²) in [4.78, 5) is 0. The highest BCUT2D eigenvalue weighted by molar-refractivity contribution is 14.1. The zero-order valence-electron chi connectivity index (χ0n) is 8.24. The number of benzene rings is 1. The fourth-order valence-corrected chi connectivity index (χ4v) is 2.18. The van der Waals surface area contributed by atoms with E-state index in [1.807, 2.05) is 6.92 Å². The van der Waals surface area contributed by atoms with Crippen LogP contribution in [0.15, 0.2) is 0 Å². The van der Waals surface area contributed by atoms with Crippen molar-refractivity contribution >= 4 is 28.3 Å². The van der Waals surface area contributed by atoms with Gasteiger partial charge in [0.1, 0.15) is 0 Å². The van der Waals surface area contributed by atoms with Crippen LogP contribution in [0.4, 0.5) is 5.69 Å². The molecule has 0 heterocycles. The topological polar surface area (TPSA) is 52.0 Å². The first kappa shape index (κ1) is 10.8. The molecule has 0 atom stereocenters. The second-order valence-electron chi connectivity index (χ2n) is 3.29. The van der Waals surface area contributed by atoms with Gasteiger partial charge >= 0.3 is 0 Å². The molecule has 0 aliphatic heterocycles. The zero-order chi connectivity index (χ0) is 10.2. The number of nitrogen functional groups attached to an aromatic ring is 1. The summed E-state index contributed by atoms with van der Waals surface area (Å²) in [6, 6.07) is 0. The van der Waals surface area contributed by atoms with Gasteiger partial charge in [0.25, 0.3) is 0 Å². The molecule has 0 amide bonds. The Bertz CT molecular complexity index is 316. The Labute approximate surface area is 92.8 Å². The number of hydrogen-bond donors (Lipinski definition) is 2. The first-order valence-electron chi connectivity index (χ1n) is 4.24. The van der Waals surface area contributed by atoms with Crippen LogP contribution in [-0.4, -0.2) is 0 Å². The van der Waals surface area contributed by atoms with E-state index in [4.69, 9.17) is 11.5 Å².